The third-order valence-electron chi connectivity index (χ3n) is 3.27. The Kier molecular flexibility index (Phi) is 3.32. The predicted molar refractivity (Wildman–Crippen MR) is 91.0 cm³/mol. The lowest BCUT2D eigenvalue weighted by Crippen LogP contribution is -2.10. The standard InChI is InChI=1S/C16H11N5OS/c22-14-13-12(7-9-23-13)19-16(20-14)21-15-17-8-6-11(18-15)10-4-2-1-3-5-10/h1-9H,(H2,17,18,19,20,21,22). The molecule has 1 aromatic carbocycles. The fourth-order valence-electron chi connectivity index (χ4n) is 2.23. The Balaban J connectivity index is 1.69. The van der Waals surface area contributed by atoms with Crippen molar-refractivity contribution in [2.45, 2.75) is 0 Å². The summed E-state index contributed by atoms with van der Waals surface area (Å²) in [6, 6.07) is 13.4. The summed E-state index contributed by atoms with van der Waals surface area (Å²) in [6.45, 7) is 0. The highest BCUT2D eigenvalue weighted by molar-refractivity contribution is 7.17. The fourth-order valence-corrected chi connectivity index (χ4v) is 2.95. The average Bonchev–Trinajstić information content (AvgIpc) is 3.05. The maximum atomic E-state index is 12.0. The van der Waals surface area contributed by atoms with Crippen LogP contribution in [0.4, 0.5) is 11.9 Å². The SMILES string of the molecule is O=c1[nH]c(Nc2nccc(-c3ccccc3)n2)nc2ccsc12. The van der Waals surface area contributed by atoms with Gasteiger partial charge < -0.3 is 0 Å². The molecule has 4 rings (SSSR count). The molecule has 4 aromatic rings. The van der Waals surface area contributed by atoms with Crippen LogP contribution in [0.5, 0.6) is 0 Å². The highest BCUT2D eigenvalue weighted by Gasteiger charge is 2.07. The van der Waals surface area contributed by atoms with Crippen molar-refractivity contribution in [1.29, 1.82) is 0 Å². The van der Waals surface area contributed by atoms with E-state index in [4.69, 9.17) is 0 Å². The summed E-state index contributed by atoms with van der Waals surface area (Å²) in [5, 5.41) is 4.79. The van der Waals surface area contributed by atoms with E-state index in [0.717, 1.165) is 11.3 Å². The first-order valence-electron chi connectivity index (χ1n) is 6.92. The molecule has 6 nitrogen and oxygen atoms in total. The molecule has 0 unspecified atom stereocenters. The Morgan fingerprint density at radius 1 is 1.04 bits per heavy atom. The first kappa shape index (κ1) is 13.6. The van der Waals surface area contributed by atoms with E-state index in [1.807, 2.05) is 47.8 Å². The van der Waals surface area contributed by atoms with Gasteiger partial charge >= 0.3 is 0 Å². The molecular weight excluding hydrogens is 310 g/mol. The average molecular weight is 321 g/mol. The molecule has 0 amide bonds. The van der Waals surface area contributed by atoms with Gasteiger partial charge in [0, 0.05) is 11.8 Å². The van der Waals surface area contributed by atoms with Gasteiger partial charge in [0.25, 0.3) is 5.56 Å². The molecule has 112 valence electrons. The van der Waals surface area contributed by atoms with Gasteiger partial charge in [0.05, 0.1) is 11.2 Å². The van der Waals surface area contributed by atoms with Crippen LogP contribution in [0.25, 0.3) is 21.5 Å². The first-order chi connectivity index (χ1) is 11.3. The van der Waals surface area contributed by atoms with Crippen molar-refractivity contribution in [2.75, 3.05) is 5.32 Å². The smallest absolute Gasteiger partial charge is 0.270 e. The number of hydrogen-bond acceptors (Lipinski definition) is 6. The molecular formula is C16H11N5OS. The van der Waals surface area contributed by atoms with Gasteiger partial charge in [-0.2, -0.15) is 0 Å². The van der Waals surface area contributed by atoms with Gasteiger partial charge in [0.2, 0.25) is 11.9 Å². The Bertz CT molecular complexity index is 1030. The largest absolute Gasteiger partial charge is 0.294 e. The number of aromatic nitrogens is 4. The maximum Gasteiger partial charge on any atom is 0.270 e. The number of hydrogen-bond donors (Lipinski definition) is 2. The van der Waals surface area contributed by atoms with E-state index in [1.54, 1.807) is 6.20 Å². The van der Waals surface area contributed by atoms with Gasteiger partial charge in [-0.3, -0.25) is 15.1 Å². The summed E-state index contributed by atoms with van der Waals surface area (Å²) in [4.78, 5) is 27.7. The predicted octanol–water partition coefficient (Wildman–Crippen LogP) is 3.19. The molecule has 0 aliphatic rings. The van der Waals surface area contributed by atoms with Crippen molar-refractivity contribution < 1.29 is 0 Å². The van der Waals surface area contributed by atoms with E-state index in [2.05, 4.69) is 25.3 Å². The van der Waals surface area contributed by atoms with Gasteiger partial charge in [-0.05, 0) is 17.5 Å². The second-order valence-electron chi connectivity index (χ2n) is 4.81. The molecule has 2 N–H and O–H groups in total. The van der Waals surface area contributed by atoms with Gasteiger partial charge in [0.15, 0.2) is 0 Å². The highest BCUT2D eigenvalue weighted by atomic mass is 32.1. The molecule has 0 fully saturated rings. The summed E-state index contributed by atoms with van der Waals surface area (Å²) < 4.78 is 0.606. The summed E-state index contributed by atoms with van der Waals surface area (Å²) in [7, 11) is 0. The number of benzene rings is 1. The molecule has 7 heteroatoms. The third-order valence-corrected chi connectivity index (χ3v) is 4.17. The van der Waals surface area contributed by atoms with E-state index in [-0.39, 0.29) is 5.56 Å². The lowest BCUT2D eigenvalue weighted by molar-refractivity contribution is 1.11. The van der Waals surface area contributed by atoms with Gasteiger partial charge in [-0.25, -0.2) is 15.0 Å². The zero-order chi connectivity index (χ0) is 15.6. The Morgan fingerprint density at radius 2 is 1.91 bits per heavy atom. The molecule has 0 bridgehead atoms. The minimum Gasteiger partial charge on any atom is -0.294 e. The molecule has 0 radical (unpaired) electrons. The van der Waals surface area contributed by atoms with E-state index < -0.39 is 0 Å². The van der Waals surface area contributed by atoms with Crippen LogP contribution in [-0.4, -0.2) is 19.9 Å². The molecule has 0 aliphatic heterocycles. The number of anilines is 2. The van der Waals surface area contributed by atoms with Crippen molar-refractivity contribution in [2.24, 2.45) is 0 Å². The monoisotopic (exact) mass is 321 g/mol. The zero-order valence-electron chi connectivity index (χ0n) is 11.9. The summed E-state index contributed by atoms with van der Waals surface area (Å²) in [5.74, 6) is 0.704. The minimum absolute atomic E-state index is 0.174. The van der Waals surface area contributed by atoms with E-state index in [0.29, 0.717) is 22.1 Å². The number of nitrogens with one attached hydrogen (secondary N) is 2. The summed E-state index contributed by atoms with van der Waals surface area (Å²) in [6.07, 6.45) is 1.67. The van der Waals surface area contributed by atoms with Crippen molar-refractivity contribution in [3.05, 3.63) is 64.4 Å². The summed E-state index contributed by atoms with van der Waals surface area (Å²) in [5.41, 5.74) is 2.27. The maximum absolute atomic E-state index is 12.0. The van der Waals surface area contributed by atoms with Crippen molar-refractivity contribution in [1.82, 2.24) is 19.9 Å². The zero-order valence-corrected chi connectivity index (χ0v) is 12.7. The number of aromatic amines is 1. The Labute approximate surface area is 134 Å². The second-order valence-corrected chi connectivity index (χ2v) is 5.72. The van der Waals surface area contributed by atoms with Gasteiger partial charge in [-0.1, -0.05) is 30.3 Å². The number of rotatable bonds is 3. The molecule has 0 saturated carbocycles. The fraction of sp³-hybridized carbons (Fsp3) is 0. The van der Waals surface area contributed by atoms with Crippen molar-refractivity contribution >= 4 is 33.5 Å². The molecule has 3 heterocycles. The van der Waals surface area contributed by atoms with Crippen LogP contribution in [0.3, 0.4) is 0 Å². The normalized spacial score (nSPS) is 10.8. The van der Waals surface area contributed by atoms with Gasteiger partial charge in [-0.15, -0.1) is 11.3 Å². The lowest BCUT2D eigenvalue weighted by Gasteiger charge is -2.06. The van der Waals surface area contributed by atoms with Crippen LogP contribution in [0.15, 0.2) is 58.8 Å². The van der Waals surface area contributed by atoms with Crippen LogP contribution in [0, 0.1) is 0 Å². The Morgan fingerprint density at radius 3 is 2.78 bits per heavy atom. The lowest BCUT2D eigenvalue weighted by atomic mass is 10.1. The molecule has 0 atom stereocenters. The quantitative estimate of drug-likeness (QED) is 0.605. The number of H-pyrrole nitrogens is 1. The van der Waals surface area contributed by atoms with Crippen LogP contribution in [0.1, 0.15) is 0 Å². The molecule has 0 aliphatic carbocycles. The van der Waals surface area contributed by atoms with Crippen LogP contribution < -0.4 is 10.9 Å². The second kappa shape index (κ2) is 5.62. The van der Waals surface area contributed by atoms with E-state index in [1.165, 1.54) is 11.3 Å². The first-order valence-corrected chi connectivity index (χ1v) is 7.80. The van der Waals surface area contributed by atoms with E-state index >= 15 is 0 Å². The van der Waals surface area contributed by atoms with Crippen LogP contribution in [0.2, 0.25) is 0 Å². The molecule has 0 saturated heterocycles. The van der Waals surface area contributed by atoms with Crippen molar-refractivity contribution in [3.63, 3.8) is 0 Å². The van der Waals surface area contributed by atoms with Crippen LogP contribution >= 0.6 is 11.3 Å². The van der Waals surface area contributed by atoms with Crippen molar-refractivity contribution in [3.8, 4) is 11.3 Å². The highest BCUT2D eigenvalue weighted by Crippen LogP contribution is 2.19. The number of nitrogens with zero attached hydrogens (tertiary/aromatic N) is 3. The molecule has 0 spiro atoms. The number of fused-ring (bicyclic) bond motifs is 1. The minimum atomic E-state index is -0.174. The topological polar surface area (TPSA) is 83.6 Å². The Hall–Kier alpha value is -3.06. The third kappa shape index (κ3) is 2.69. The molecule has 23 heavy (non-hydrogen) atoms. The molecule has 3 aromatic heterocycles. The van der Waals surface area contributed by atoms with Gasteiger partial charge in [0.1, 0.15) is 4.70 Å². The van der Waals surface area contributed by atoms with Crippen LogP contribution in [-0.2, 0) is 0 Å². The summed E-state index contributed by atoms with van der Waals surface area (Å²) >= 11 is 1.36. The number of thiophene rings is 1. The van der Waals surface area contributed by atoms with E-state index in [9.17, 15) is 4.79 Å².